The summed E-state index contributed by atoms with van der Waals surface area (Å²) in [6.45, 7) is 5.54. The topological polar surface area (TPSA) is 91.1 Å². The van der Waals surface area contributed by atoms with Crippen LogP contribution in [0.1, 0.15) is 88.4 Å². The summed E-state index contributed by atoms with van der Waals surface area (Å²) in [5.74, 6) is 1.13. The molecule has 8 nitrogen and oxygen atoms in total. The van der Waals surface area contributed by atoms with Crippen LogP contribution in [0.3, 0.4) is 0 Å². The van der Waals surface area contributed by atoms with Gasteiger partial charge in [-0.2, -0.15) is 0 Å². The largest absolute Gasteiger partial charge is 0.493 e. The van der Waals surface area contributed by atoms with E-state index in [1.165, 1.54) is 51.3 Å². The average Bonchev–Trinajstić information content (AvgIpc) is 3.38. The van der Waals surface area contributed by atoms with Crippen LogP contribution in [0.25, 0.3) is 0 Å². The van der Waals surface area contributed by atoms with Gasteiger partial charge in [0.2, 0.25) is 0 Å². The fraction of sp³-hybridized carbons (Fsp3) is 0.741. The molecule has 1 saturated heterocycles. The van der Waals surface area contributed by atoms with Crippen LogP contribution < -0.4 is 9.47 Å². The average molecular weight is 604 g/mol. The van der Waals surface area contributed by atoms with Gasteiger partial charge in [-0.15, -0.1) is 11.8 Å². The van der Waals surface area contributed by atoms with Crippen molar-refractivity contribution >= 4 is 39.3 Å². The number of hydrogen-bond acceptors (Lipinski definition) is 7. The summed E-state index contributed by atoms with van der Waals surface area (Å²) < 4.78 is 17.3. The number of nitrogens with zero attached hydrogens (tertiary/aromatic N) is 2. The first-order chi connectivity index (χ1) is 18.0. The Bertz CT molecular complexity index is 837. The van der Waals surface area contributed by atoms with E-state index in [1.807, 2.05) is 6.92 Å². The van der Waals surface area contributed by atoms with Gasteiger partial charge >= 0.3 is 0 Å². The lowest BCUT2D eigenvalue weighted by Crippen LogP contribution is -2.43. The molecule has 1 aliphatic rings. The summed E-state index contributed by atoms with van der Waals surface area (Å²) in [6, 6.07) is 2.67. The van der Waals surface area contributed by atoms with Crippen LogP contribution in [-0.4, -0.2) is 65.2 Å². The highest BCUT2D eigenvalue weighted by molar-refractivity contribution is 9.09. The van der Waals surface area contributed by atoms with Gasteiger partial charge in [-0.25, -0.2) is 0 Å². The number of nitro benzene ring substituents is 1. The van der Waals surface area contributed by atoms with E-state index in [0.29, 0.717) is 31.3 Å². The molecule has 0 N–H and O–H groups in total. The van der Waals surface area contributed by atoms with Crippen molar-refractivity contribution in [2.75, 3.05) is 38.0 Å². The van der Waals surface area contributed by atoms with E-state index in [9.17, 15) is 14.9 Å². The molecule has 0 aromatic heterocycles. The highest BCUT2D eigenvalue weighted by Gasteiger charge is 2.38. The van der Waals surface area contributed by atoms with Crippen molar-refractivity contribution in [1.29, 1.82) is 0 Å². The molecule has 210 valence electrons. The molecule has 0 saturated carbocycles. The van der Waals surface area contributed by atoms with Crippen LogP contribution in [0.2, 0.25) is 0 Å². The van der Waals surface area contributed by atoms with Gasteiger partial charge in [0, 0.05) is 24.5 Å². The molecule has 37 heavy (non-hydrogen) atoms. The molecule has 0 spiro atoms. The normalized spacial score (nSPS) is 16.1. The summed E-state index contributed by atoms with van der Waals surface area (Å²) in [5.41, 5.74) is -0.386. The maximum atomic E-state index is 13.6. The van der Waals surface area contributed by atoms with Crippen LogP contribution >= 0.6 is 27.7 Å². The Kier molecular flexibility index (Phi) is 15.3. The summed E-state index contributed by atoms with van der Waals surface area (Å²) in [5, 5.41) is 13.0. The van der Waals surface area contributed by atoms with Gasteiger partial charge in [-0.05, 0) is 38.4 Å². The van der Waals surface area contributed by atoms with Crippen molar-refractivity contribution in [2.45, 2.75) is 89.5 Å². The first-order valence-electron chi connectivity index (χ1n) is 13.6. The van der Waals surface area contributed by atoms with E-state index in [0.717, 1.165) is 43.2 Å². The van der Waals surface area contributed by atoms with Gasteiger partial charge in [0.25, 0.3) is 11.6 Å². The lowest BCUT2D eigenvalue weighted by atomic mass is 10.1. The standard InChI is InChI=1S/C27H43BrN2O6S/c1-4-35-27(37-5-2)22-15-14-17-29(22)26(31)21-19-24(34-3)25(20-23(21)30(32)33)36-18-13-11-9-7-6-8-10-12-16-28/h19-20,22,27H,4-18H2,1-3H3. The zero-order chi connectivity index (χ0) is 27.0. The summed E-state index contributed by atoms with van der Waals surface area (Å²) in [4.78, 5) is 26.8. The molecule has 1 amide bonds. The lowest BCUT2D eigenvalue weighted by molar-refractivity contribution is -0.385. The number of methoxy groups -OCH3 is 1. The van der Waals surface area contributed by atoms with Gasteiger partial charge < -0.3 is 19.1 Å². The minimum absolute atomic E-state index is 0.0257. The third-order valence-electron chi connectivity index (χ3n) is 6.53. The molecule has 1 aromatic carbocycles. The fourth-order valence-corrected chi connectivity index (χ4v) is 6.13. The van der Waals surface area contributed by atoms with Crippen molar-refractivity contribution in [3.8, 4) is 11.5 Å². The second-order valence-corrected chi connectivity index (χ2v) is 11.3. The minimum Gasteiger partial charge on any atom is -0.493 e. The Morgan fingerprint density at radius 3 is 2.41 bits per heavy atom. The molecule has 0 radical (unpaired) electrons. The molecule has 2 rings (SSSR count). The maximum absolute atomic E-state index is 13.6. The first-order valence-corrected chi connectivity index (χ1v) is 15.7. The van der Waals surface area contributed by atoms with E-state index in [1.54, 1.807) is 16.7 Å². The summed E-state index contributed by atoms with van der Waals surface area (Å²) >= 11 is 5.12. The third-order valence-corrected chi connectivity index (χ3v) is 8.20. The van der Waals surface area contributed by atoms with Gasteiger partial charge in [0.1, 0.15) is 11.0 Å². The number of likely N-dealkylation sites (tertiary alicyclic amines) is 1. The van der Waals surface area contributed by atoms with Crippen LogP contribution in [-0.2, 0) is 4.74 Å². The van der Waals surface area contributed by atoms with E-state index in [4.69, 9.17) is 14.2 Å². The van der Waals surface area contributed by atoms with E-state index >= 15 is 0 Å². The Labute approximate surface area is 234 Å². The number of thioether (sulfide) groups is 1. The smallest absolute Gasteiger partial charge is 0.286 e. The van der Waals surface area contributed by atoms with Gasteiger partial charge in [0.15, 0.2) is 11.5 Å². The van der Waals surface area contributed by atoms with Crippen molar-refractivity contribution < 1.29 is 23.9 Å². The number of halogens is 1. The molecule has 2 unspecified atom stereocenters. The molecule has 2 atom stereocenters. The fourth-order valence-electron chi connectivity index (χ4n) is 4.66. The van der Waals surface area contributed by atoms with E-state index in [2.05, 4.69) is 22.9 Å². The number of carbonyl (C=O) groups is 1. The molecule has 1 fully saturated rings. The second-order valence-electron chi connectivity index (χ2n) is 9.13. The Hall–Kier alpha value is -1.52. The molecule has 0 bridgehead atoms. The molecule has 0 aliphatic carbocycles. The third kappa shape index (κ3) is 9.94. The maximum Gasteiger partial charge on any atom is 0.286 e. The second kappa shape index (κ2) is 17.9. The number of nitro groups is 1. The Morgan fingerprint density at radius 2 is 1.81 bits per heavy atom. The van der Waals surface area contributed by atoms with Gasteiger partial charge in [-0.1, -0.05) is 61.4 Å². The number of hydrogen-bond donors (Lipinski definition) is 0. The van der Waals surface area contributed by atoms with Crippen LogP contribution in [0.4, 0.5) is 5.69 Å². The van der Waals surface area contributed by atoms with Crippen molar-refractivity contribution in [3.05, 3.63) is 27.8 Å². The summed E-state index contributed by atoms with van der Waals surface area (Å²) in [7, 11) is 1.49. The SMILES string of the molecule is CCOC(SCC)C1CCCN1C(=O)c1cc(OC)c(OCCCCCCCCCCBr)cc1[N+](=O)[O-]. The number of ether oxygens (including phenoxy) is 3. The molecule has 10 heteroatoms. The zero-order valence-electron chi connectivity index (χ0n) is 22.5. The molecule has 1 aliphatic heterocycles. The van der Waals surface area contributed by atoms with Crippen LogP contribution in [0.15, 0.2) is 12.1 Å². The lowest BCUT2D eigenvalue weighted by Gasteiger charge is -2.31. The van der Waals surface area contributed by atoms with Gasteiger partial charge in [-0.3, -0.25) is 14.9 Å². The predicted molar refractivity (Wildman–Crippen MR) is 153 cm³/mol. The summed E-state index contributed by atoms with van der Waals surface area (Å²) in [6.07, 6.45) is 11.0. The number of rotatable bonds is 19. The number of alkyl halides is 1. The van der Waals surface area contributed by atoms with E-state index in [-0.39, 0.29) is 28.6 Å². The number of amides is 1. The van der Waals surface area contributed by atoms with Crippen LogP contribution in [0, 0.1) is 10.1 Å². The highest BCUT2D eigenvalue weighted by Crippen LogP contribution is 2.37. The highest BCUT2D eigenvalue weighted by atomic mass is 79.9. The van der Waals surface area contributed by atoms with Crippen molar-refractivity contribution in [2.24, 2.45) is 0 Å². The predicted octanol–water partition coefficient (Wildman–Crippen LogP) is 7.22. The Balaban J connectivity index is 2.05. The van der Waals surface area contributed by atoms with Gasteiger partial charge in [0.05, 0.1) is 30.7 Å². The molecule has 1 aromatic rings. The minimum atomic E-state index is -0.513. The van der Waals surface area contributed by atoms with Crippen molar-refractivity contribution in [3.63, 3.8) is 0 Å². The molecular formula is C27H43BrN2O6S. The van der Waals surface area contributed by atoms with Crippen molar-refractivity contribution in [1.82, 2.24) is 4.90 Å². The number of unbranched alkanes of at least 4 members (excludes halogenated alkanes) is 7. The first kappa shape index (κ1) is 31.7. The number of benzene rings is 1. The van der Waals surface area contributed by atoms with E-state index < -0.39 is 4.92 Å². The zero-order valence-corrected chi connectivity index (χ0v) is 24.9. The van der Waals surface area contributed by atoms with Crippen LogP contribution in [0.5, 0.6) is 11.5 Å². The molecule has 1 heterocycles. The number of carbonyl (C=O) groups excluding carboxylic acids is 1. The monoisotopic (exact) mass is 602 g/mol. The Morgan fingerprint density at radius 1 is 1.14 bits per heavy atom. The quantitative estimate of drug-likeness (QED) is 0.0542. The molecular weight excluding hydrogens is 560 g/mol.